The Morgan fingerprint density at radius 2 is 1.53 bits per heavy atom. The van der Waals surface area contributed by atoms with Crippen molar-refractivity contribution in [2.24, 2.45) is 29.1 Å². The fourth-order valence-corrected chi connectivity index (χ4v) is 4.20. The summed E-state index contributed by atoms with van der Waals surface area (Å²) in [4.78, 5) is 11.9. The topological polar surface area (TPSA) is 17.1 Å². The first kappa shape index (κ1) is 12.9. The van der Waals surface area contributed by atoms with Crippen LogP contribution in [0.1, 0.15) is 54.4 Å². The van der Waals surface area contributed by atoms with Crippen molar-refractivity contribution in [2.75, 3.05) is 0 Å². The van der Waals surface area contributed by atoms with Crippen LogP contribution in [0.25, 0.3) is 0 Å². The average molecular weight is 234 g/mol. The van der Waals surface area contributed by atoms with Crippen molar-refractivity contribution in [1.29, 1.82) is 0 Å². The van der Waals surface area contributed by atoms with Crippen molar-refractivity contribution < 1.29 is 4.79 Å². The van der Waals surface area contributed by atoms with E-state index in [2.05, 4.69) is 41.5 Å². The van der Waals surface area contributed by atoms with E-state index >= 15 is 0 Å². The van der Waals surface area contributed by atoms with Crippen LogP contribution >= 0.6 is 0 Å². The van der Waals surface area contributed by atoms with Crippen LogP contribution < -0.4 is 0 Å². The highest BCUT2D eigenvalue weighted by atomic mass is 16.1. The molecule has 0 fully saturated rings. The fourth-order valence-electron chi connectivity index (χ4n) is 4.20. The smallest absolute Gasteiger partial charge is 0.137 e. The Morgan fingerprint density at radius 3 is 2.12 bits per heavy atom. The molecule has 2 aliphatic rings. The first-order valence-corrected chi connectivity index (χ1v) is 7.01. The van der Waals surface area contributed by atoms with Crippen LogP contribution in [0, 0.1) is 29.1 Å². The summed E-state index contributed by atoms with van der Waals surface area (Å²) in [6, 6.07) is 0. The second kappa shape index (κ2) is 3.96. The zero-order valence-electron chi connectivity index (χ0n) is 12.1. The number of carbonyl (C=O) groups is 1. The first-order valence-electron chi connectivity index (χ1n) is 7.01. The summed E-state index contributed by atoms with van der Waals surface area (Å²) in [6.45, 7) is 13.9. The molecule has 0 saturated carbocycles. The number of Topliss-reactive ketones (excluding diaryl/α,β-unsaturated/α-hetero) is 1. The fraction of sp³-hybridized carbons (Fsp3) is 0.812. The van der Waals surface area contributed by atoms with Gasteiger partial charge in [0.05, 0.1) is 0 Å². The lowest BCUT2D eigenvalue weighted by atomic mass is 9.56. The minimum absolute atomic E-state index is 0.0900. The molecular weight excluding hydrogens is 208 g/mol. The number of ketones is 1. The number of allylic oxidation sites excluding steroid dienone is 2. The van der Waals surface area contributed by atoms with E-state index < -0.39 is 0 Å². The number of hydrogen-bond donors (Lipinski definition) is 0. The highest BCUT2D eigenvalue weighted by molar-refractivity contribution is 5.84. The van der Waals surface area contributed by atoms with Crippen LogP contribution in [0.3, 0.4) is 0 Å². The van der Waals surface area contributed by atoms with Crippen LogP contribution in [-0.4, -0.2) is 5.78 Å². The molecule has 0 amide bonds. The van der Waals surface area contributed by atoms with Gasteiger partial charge in [0.15, 0.2) is 0 Å². The molecule has 17 heavy (non-hydrogen) atoms. The van der Waals surface area contributed by atoms with E-state index in [1.807, 2.05) is 0 Å². The first-order chi connectivity index (χ1) is 7.75. The Morgan fingerprint density at radius 1 is 1.00 bits per heavy atom. The maximum atomic E-state index is 11.9. The number of carbonyl (C=O) groups excluding carboxylic acids is 1. The van der Waals surface area contributed by atoms with Gasteiger partial charge in [-0.2, -0.15) is 0 Å². The Bertz CT molecular complexity index is 375. The predicted octanol–water partition coefficient (Wildman–Crippen LogP) is 4.23. The van der Waals surface area contributed by atoms with Gasteiger partial charge in [-0.1, -0.05) is 52.7 Å². The van der Waals surface area contributed by atoms with Gasteiger partial charge in [0.25, 0.3) is 0 Å². The summed E-state index contributed by atoms with van der Waals surface area (Å²) in [7, 11) is 0. The quantitative estimate of drug-likeness (QED) is 0.573. The second-order valence-electron chi connectivity index (χ2n) is 7.01. The highest BCUT2D eigenvalue weighted by Crippen LogP contribution is 2.53. The van der Waals surface area contributed by atoms with Gasteiger partial charge in [0.2, 0.25) is 0 Å². The van der Waals surface area contributed by atoms with Gasteiger partial charge in [-0.3, -0.25) is 4.79 Å². The molecule has 1 nitrogen and oxygen atoms in total. The van der Waals surface area contributed by atoms with Crippen LogP contribution in [0.15, 0.2) is 11.1 Å². The molecule has 0 heterocycles. The van der Waals surface area contributed by atoms with Crippen molar-refractivity contribution in [2.45, 2.75) is 54.4 Å². The van der Waals surface area contributed by atoms with Crippen LogP contribution in [0.2, 0.25) is 0 Å². The molecule has 1 heteroatoms. The monoisotopic (exact) mass is 234 g/mol. The summed E-state index contributed by atoms with van der Waals surface area (Å²) in [5, 5.41) is 0. The molecule has 0 aromatic rings. The van der Waals surface area contributed by atoms with Crippen molar-refractivity contribution >= 4 is 5.78 Å². The summed E-state index contributed by atoms with van der Waals surface area (Å²) in [5.74, 6) is 3.09. The molecule has 96 valence electrons. The molecule has 0 aromatic carbocycles. The van der Waals surface area contributed by atoms with Crippen LogP contribution in [0.4, 0.5) is 0 Å². The van der Waals surface area contributed by atoms with Gasteiger partial charge in [-0.05, 0) is 29.1 Å². The maximum Gasteiger partial charge on any atom is 0.137 e. The van der Waals surface area contributed by atoms with E-state index in [9.17, 15) is 4.79 Å². The van der Waals surface area contributed by atoms with E-state index in [4.69, 9.17) is 0 Å². The molecule has 2 rings (SSSR count). The van der Waals surface area contributed by atoms with Gasteiger partial charge in [0.1, 0.15) is 5.78 Å². The average Bonchev–Trinajstić information content (AvgIpc) is 2.21. The lowest BCUT2D eigenvalue weighted by Crippen LogP contribution is -2.40. The maximum absolute atomic E-state index is 11.9. The van der Waals surface area contributed by atoms with Gasteiger partial charge in [-0.15, -0.1) is 0 Å². The molecule has 4 unspecified atom stereocenters. The lowest BCUT2D eigenvalue weighted by molar-refractivity contribution is -0.121. The largest absolute Gasteiger partial charge is 0.299 e. The second-order valence-corrected chi connectivity index (χ2v) is 7.01. The minimum Gasteiger partial charge on any atom is -0.299 e. The molecule has 0 radical (unpaired) electrons. The van der Waals surface area contributed by atoms with Gasteiger partial charge in [-0.25, -0.2) is 0 Å². The minimum atomic E-state index is 0.0900. The SMILES string of the molecule is CC1C2=C(C(C)C(C)C1C)C(C)(C)CC(=O)C2. The van der Waals surface area contributed by atoms with Gasteiger partial charge >= 0.3 is 0 Å². The Balaban J connectivity index is 2.54. The zero-order valence-corrected chi connectivity index (χ0v) is 12.1. The summed E-state index contributed by atoms with van der Waals surface area (Å²) in [6.07, 6.45) is 1.46. The van der Waals surface area contributed by atoms with E-state index in [1.165, 1.54) is 5.57 Å². The van der Waals surface area contributed by atoms with Crippen molar-refractivity contribution in [1.82, 2.24) is 0 Å². The van der Waals surface area contributed by atoms with Crippen molar-refractivity contribution in [3.63, 3.8) is 0 Å². The summed E-state index contributed by atoms with van der Waals surface area (Å²) >= 11 is 0. The highest BCUT2D eigenvalue weighted by Gasteiger charge is 2.44. The van der Waals surface area contributed by atoms with Gasteiger partial charge in [0, 0.05) is 12.8 Å². The summed E-state index contributed by atoms with van der Waals surface area (Å²) < 4.78 is 0. The van der Waals surface area contributed by atoms with E-state index in [0.29, 0.717) is 23.5 Å². The third-order valence-electron chi connectivity index (χ3n) is 5.51. The lowest BCUT2D eigenvalue weighted by Gasteiger charge is -2.48. The molecular formula is C16H26O. The number of hydrogen-bond acceptors (Lipinski definition) is 1. The molecule has 2 aliphatic carbocycles. The third kappa shape index (κ3) is 1.88. The molecule has 0 aliphatic heterocycles. The van der Waals surface area contributed by atoms with E-state index in [1.54, 1.807) is 5.57 Å². The normalized spacial score (nSPS) is 41.4. The standard InChI is InChI=1S/C16H26O/c1-9-10(2)12(4)15-14(11(9)3)7-13(17)8-16(15,5)6/h9-12H,7-8H2,1-6H3. The van der Waals surface area contributed by atoms with Gasteiger partial charge < -0.3 is 0 Å². The van der Waals surface area contributed by atoms with E-state index in [0.717, 1.165) is 18.8 Å². The Labute approximate surface area is 106 Å². The third-order valence-corrected chi connectivity index (χ3v) is 5.51. The molecule has 0 bridgehead atoms. The van der Waals surface area contributed by atoms with Crippen molar-refractivity contribution in [3.8, 4) is 0 Å². The molecule has 0 aromatic heterocycles. The number of rotatable bonds is 0. The zero-order chi connectivity index (χ0) is 13.0. The van der Waals surface area contributed by atoms with E-state index in [-0.39, 0.29) is 5.41 Å². The Kier molecular flexibility index (Phi) is 3.00. The predicted molar refractivity (Wildman–Crippen MR) is 71.7 cm³/mol. The molecule has 0 saturated heterocycles. The van der Waals surface area contributed by atoms with Crippen LogP contribution in [-0.2, 0) is 4.79 Å². The Hall–Kier alpha value is -0.590. The van der Waals surface area contributed by atoms with Crippen molar-refractivity contribution in [3.05, 3.63) is 11.1 Å². The molecule has 4 atom stereocenters. The molecule has 0 N–H and O–H groups in total. The van der Waals surface area contributed by atoms with Crippen LogP contribution in [0.5, 0.6) is 0 Å². The summed E-state index contributed by atoms with van der Waals surface area (Å²) in [5.41, 5.74) is 3.17. The molecule has 0 spiro atoms.